The minimum absolute atomic E-state index is 0.0512. The highest BCUT2D eigenvalue weighted by atomic mass is 19.2. The largest absolute Gasteiger partial charge is 0.497 e. The predicted molar refractivity (Wildman–Crippen MR) is 91.4 cm³/mol. The van der Waals surface area contributed by atoms with Gasteiger partial charge in [-0.05, 0) is 48.6 Å². The lowest BCUT2D eigenvalue weighted by molar-refractivity contribution is 0.370. The molecule has 2 aromatic carbocycles. The van der Waals surface area contributed by atoms with Gasteiger partial charge in [-0.1, -0.05) is 18.2 Å². The summed E-state index contributed by atoms with van der Waals surface area (Å²) in [5.41, 5.74) is 7.65. The second-order valence-electron chi connectivity index (χ2n) is 6.39. The molecule has 2 atom stereocenters. The van der Waals surface area contributed by atoms with E-state index in [1.165, 1.54) is 11.6 Å². The van der Waals surface area contributed by atoms with Crippen molar-refractivity contribution in [2.45, 2.75) is 18.9 Å². The Hall–Kier alpha value is -2.14. The number of anilines is 1. The Kier molecular flexibility index (Phi) is 5.00. The number of nitrogens with two attached hydrogens (primary N) is 1. The number of piperidine rings is 1. The molecule has 1 fully saturated rings. The van der Waals surface area contributed by atoms with Gasteiger partial charge in [0.05, 0.1) is 12.8 Å². The lowest BCUT2D eigenvalue weighted by Gasteiger charge is -2.38. The molecular formula is C19H22F2N2O. The van der Waals surface area contributed by atoms with Crippen LogP contribution in [0.25, 0.3) is 0 Å². The molecule has 0 saturated carbocycles. The highest BCUT2D eigenvalue weighted by molar-refractivity contribution is 5.49. The fourth-order valence-corrected chi connectivity index (χ4v) is 3.42. The van der Waals surface area contributed by atoms with Gasteiger partial charge in [0.1, 0.15) is 5.75 Å². The van der Waals surface area contributed by atoms with Gasteiger partial charge in [0.25, 0.3) is 0 Å². The van der Waals surface area contributed by atoms with Crippen molar-refractivity contribution in [2.75, 3.05) is 25.1 Å². The number of nitrogens with zero attached hydrogens (tertiary/aromatic N) is 1. The van der Waals surface area contributed by atoms with Gasteiger partial charge in [-0.3, -0.25) is 0 Å². The maximum Gasteiger partial charge on any atom is 0.182 e. The number of hydrogen-bond donors (Lipinski definition) is 1. The highest BCUT2D eigenvalue weighted by Gasteiger charge is 2.27. The average molecular weight is 332 g/mol. The van der Waals surface area contributed by atoms with E-state index in [1.54, 1.807) is 13.2 Å². The number of hydrogen-bond acceptors (Lipinski definition) is 3. The van der Waals surface area contributed by atoms with Crippen molar-refractivity contribution in [3.8, 4) is 5.75 Å². The van der Waals surface area contributed by atoms with E-state index >= 15 is 0 Å². The minimum Gasteiger partial charge on any atom is -0.497 e. The van der Waals surface area contributed by atoms with E-state index in [1.807, 2.05) is 29.2 Å². The molecule has 3 rings (SSSR count). The van der Waals surface area contributed by atoms with E-state index in [2.05, 4.69) is 0 Å². The predicted octanol–water partition coefficient (Wildman–Crippen LogP) is 3.37. The van der Waals surface area contributed by atoms with E-state index in [4.69, 9.17) is 10.5 Å². The van der Waals surface area contributed by atoms with Gasteiger partial charge in [0, 0.05) is 19.1 Å². The molecule has 1 heterocycles. The summed E-state index contributed by atoms with van der Waals surface area (Å²) in [5, 5.41) is 0. The third-order valence-corrected chi connectivity index (χ3v) is 4.52. The Morgan fingerprint density at radius 3 is 2.58 bits per heavy atom. The van der Waals surface area contributed by atoms with E-state index in [9.17, 15) is 8.78 Å². The number of ether oxygens (including phenoxy) is 1. The van der Waals surface area contributed by atoms with Crippen molar-refractivity contribution in [2.24, 2.45) is 11.7 Å². The molecule has 0 aromatic heterocycles. The summed E-state index contributed by atoms with van der Waals surface area (Å²) in [6, 6.07) is 12.2. The van der Waals surface area contributed by atoms with E-state index < -0.39 is 11.6 Å². The summed E-state index contributed by atoms with van der Waals surface area (Å²) in [7, 11) is 1.64. The average Bonchev–Trinajstić information content (AvgIpc) is 2.57. The number of rotatable bonds is 4. The Bertz CT molecular complexity index is 690. The first kappa shape index (κ1) is 16.7. The summed E-state index contributed by atoms with van der Waals surface area (Å²) < 4.78 is 32.8. The van der Waals surface area contributed by atoms with Crippen LogP contribution in [0, 0.1) is 17.6 Å². The molecule has 24 heavy (non-hydrogen) atoms. The standard InChI is InChI=1S/C19H22F2N2O/c1-24-16-7-5-13(6-8-16)9-14-10-15(22)12-23(11-14)18-4-2-3-17(20)19(18)21/h2-8,14-15H,9-12,22H2,1H3. The van der Waals surface area contributed by atoms with Gasteiger partial charge in [0.2, 0.25) is 0 Å². The first-order chi connectivity index (χ1) is 11.6. The molecule has 0 aliphatic carbocycles. The first-order valence-electron chi connectivity index (χ1n) is 8.14. The van der Waals surface area contributed by atoms with Gasteiger partial charge >= 0.3 is 0 Å². The molecule has 5 heteroatoms. The van der Waals surface area contributed by atoms with E-state index in [0.717, 1.165) is 24.7 Å². The Balaban J connectivity index is 1.74. The fraction of sp³-hybridized carbons (Fsp3) is 0.368. The molecule has 2 aromatic rings. The molecule has 0 bridgehead atoms. The zero-order chi connectivity index (χ0) is 17.1. The van der Waals surface area contributed by atoms with Crippen LogP contribution >= 0.6 is 0 Å². The smallest absolute Gasteiger partial charge is 0.182 e. The molecule has 0 radical (unpaired) electrons. The lowest BCUT2D eigenvalue weighted by Crippen LogP contribution is -2.48. The summed E-state index contributed by atoms with van der Waals surface area (Å²) in [6.07, 6.45) is 1.73. The van der Waals surface area contributed by atoms with Crippen molar-refractivity contribution in [1.82, 2.24) is 0 Å². The van der Waals surface area contributed by atoms with Gasteiger partial charge in [-0.25, -0.2) is 8.78 Å². The first-order valence-corrected chi connectivity index (χ1v) is 8.14. The van der Waals surface area contributed by atoms with Crippen molar-refractivity contribution < 1.29 is 13.5 Å². The third-order valence-electron chi connectivity index (χ3n) is 4.52. The quantitative estimate of drug-likeness (QED) is 0.933. The summed E-state index contributed by atoms with van der Waals surface area (Å²) in [4.78, 5) is 1.86. The zero-order valence-electron chi connectivity index (χ0n) is 13.7. The fourth-order valence-electron chi connectivity index (χ4n) is 3.42. The highest BCUT2D eigenvalue weighted by Crippen LogP contribution is 2.28. The van der Waals surface area contributed by atoms with Crippen LogP contribution in [0.1, 0.15) is 12.0 Å². The monoisotopic (exact) mass is 332 g/mol. The molecular weight excluding hydrogens is 310 g/mol. The molecule has 2 N–H and O–H groups in total. The van der Waals surface area contributed by atoms with Crippen LogP contribution < -0.4 is 15.4 Å². The third kappa shape index (κ3) is 3.67. The maximum absolute atomic E-state index is 14.1. The second kappa shape index (κ2) is 7.18. The zero-order valence-corrected chi connectivity index (χ0v) is 13.7. The van der Waals surface area contributed by atoms with Gasteiger partial charge < -0.3 is 15.4 Å². The summed E-state index contributed by atoms with van der Waals surface area (Å²) >= 11 is 0. The molecule has 1 saturated heterocycles. The molecule has 0 spiro atoms. The molecule has 1 aliphatic heterocycles. The maximum atomic E-state index is 14.1. The van der Waals surface area contributed by atoms with Gasteiger partial charge in [-0.2, -0.15) is 0 Å². The normalized spacial score (nSPS) is 20.9. The summed E-state index contributed by atoms with van der Waals surface area (Å²) in [6.45, 7) is 1.21. The topological polar surface area (TPSA) is 38.5 Å². The van der Waals surface area contributed by atoms with Gasteiger partial charge in [-0.15, -0.1) is 0 Å². The van der Waals surface area contributed by atoms with Crippen LogP contribution in [0.5, 0.6) is 5.75 Å². The second-order valence-corrected chi connectivity index (χ2v) is 6.39. The lowest BCUT2D eigenvalue weighted by atomic mass is 9.88. The molecule has 0 amide bonds. The van der Waals surface area contributed by atoms with Crippen molar-refractivity contribution >= 4 is 5.69 Å². The summed E-state index contributed by atoms with van der Waals surface area (Å²) in [5.74, 6) is -0.500. The molecule has 3 nitrogen and oxygen atoms in total. The Morgan fingerprint density at radius 2 is 1.88 bits per heavy atom. The Morgan fingerprint density at radius 1 is 1.12 bits per heavy atom. The van der Waals surface area contributed by atoms with Crippen LogP contribution in [-0.2, 0) is 6.42 Å². The minimum atomic E-state index is -0.821. The van der Waals surface area contributed by atoms with Crippen LogP contribution in [0.2, 0.25) is 0 Å². The number of methoxy groups -OCH3 is 1. The van der Waals surface area contributed by atoms with Crippen LogP contribution in [0.4, 0.5) is 14.5 Å². The van der Waals surface area contributed by atoms with Crippen LogP contribution in [-0.4, -0.2) is 26.2 Å². The molecule has 1 aliphatic rings. The number of benzene rings is 2. The van der Waals surface area contributed by atoms with Crippen molar-refractivity contribution in [3.63, 3.8) is 0 Å². The SMILES string of the molecule is COc1ccc(CC2CC(N)CN(c3cccc(F)c3F)C2)cc1. The van der Waals surface area contributed by atoms with E-state index in [0.29, 0.717) is 24.7 Å². The molecule has 2 unspecified atom stereocenters. The van der Waals surface area contributed by atoms with Crippen LogP contribution in [0.3, 0.4) is 0 Å². The molecule has 128 valence electrons. The van der Waals surface area contributed by atoms with Crippen LogP contribution in [0.15, 0.2) is 42.5 Å². The Labute approximate surface area is 141 Å². The van der Waals surface area contributed by atoms with Crippen molar-refractivity contribution in [3.05, 3.63) is 59.7 Å². The van der Waals surface area contributed by atoms with E-state index in [-0.39, 0.29) is 6.04 Å². The van der Waals surface area contributed by atoms with Gasteiger partial charge in [0.15, 0.2) is 11.6 Å². The number of halogens is 2. The van der Waals surface area contributed by atoms with Crippen molar-refractivity contribution in [1.29, 1.82) is 0 Å².